The molecule has 0 radical (unpaired) electrons. The third-order valence-corrected chi connectivity index (χ3v) is 6.15. The first-order valence-corrected chi connectivity index (χ1v) is 10.7. The van der Waals surface area contributed by atoms with Gasteiger partial charge in [0.05, 0.1) is 11.1 Å². The molecule has 6 nitrogen and oxygen atoms in total. The molecule has 1 fully saturated rings. The number of hydrogen-bond donors (Lipinski definition) is 0. The number of carbonyl (C=O) groups excluding carboxylic acids is 3. The van der Waals surface area contributed by atoms with E-state index in [1.165, 1.54) is 12.1 Å². The molecule has 0 atom stereocenters. The number of benzene rings is 1. The van der Waals surface area contributed by atoms with Crippen molar-refractivity contribution in [1.29, 1.82) is 0 Å². The average molecular weight is 426 g/mol. The smallest absolute Gasteiger partial charge is 0.289 e. The van der Waals surface area contributed by atoms with E-state index >= 15 is 0 Å². The van der Waals surface area contributed by atoms with Crippen molar-refractivity contribution in [3.8, 4) is 0 Å². The van der Waals surface area contributed by atoms with Gasteiger partial charge in [0.2, 0.25) is 0 Å². The summed E-state index contributed by atoms with van der Waals surface area (Å²) < 4.78 is 19.9. The van der Waals surface area contributed by atoms with Gasteiger partial charge in [0.15, 0.2) is 11.5 Å². The van der Waals surface area contributed by atoms with Crippen LogP contribution in [0.15, 0.2) is 28.7 Å². The van der Waals surface area contributed by atoms with Crippen LogP contribution in [0.25, 0.3) is 0 Å². The Kier molecular flexibility index (Phi) is 5.45. The van der Waals surface area contributed by atoms with E-state index in [-0.39, 0.29) is 34.3 Å². The molecule has 4 rings (SSSR count). The van der Waals surface area contributed by atoms with Crippen molar-refractivity contribution in [3.63, 3.8) is 0 Å². The molecular formula is C24H27FN2O4. The molecule has 31 heavy (non-hydrogen) atoms. The first-order chi connectivity index (χ1) is 14.7. The van der Waals surface area contributed by atoms with Gasteiger partial charge in [-0.15, -0.1) is 0 Å². The highest BCUT2D eigenvalue weighted by Crippen LogP contribution is 2.38. The number of halogens is 1. The molecule has 2 aromatic rings. The third kappa shape index (κ3) is 4.01. The van der Waals surface area contributed by atoms with Gasteiger partial charge in [0, 0.05) is 44.6 Å². The van der Waals surface area contributed by atoms with Crippen LogP contribution in [-0.2, 0) is 6.42 Å². The van der Waals surface area contributed by atoms with Crippen molar-refractivity contribution in [2.24, 2.45) is 5.41 Å². The van der Waals surface area contributed by atoms with Gasteiger partial charge in [-0.25, -0.2) is 4.39 Å². The lowest BCUT2D eigenvalue weighted by Gasteiger charge is -2.27. The molecule has 0 unspecified atom stereocenters. The molecule has 0 spiro atoms. The molecule has 1 aromatic carbocycles. The molecule has 0 saturated carbocycles. The van der Waals surface area contributed by atoms with Crippen molar-refractivity contribution in [3.05, 3.63) is 58.3 Å². The minimum absolute atomic E-state index is 0.0177. The summed E-state index contributed by atoms with van der Waals surface area (Å²) in [4.78, 5) is 41.8. The van der Waals surface area contributed by atoms with Crippen molar-refractivity contribution < 1.29 is 23.2 Å². The topological polar surface area (TPSA) is 70.8 Å². The van der Waals surface area contributed by atoms with Gasteiger partial charge in [0.1, 0.15) is 11.6 Å². The maximum atomic E-state index is 14.0. The van der Waals surface area contributed by atoms with E-state index in [2.05, 4.69) is 0 Å². The molecule has 1 aromatic heterocycles. The van der Waals surface area contributed by atoms with Crippen molar-refractivity contribution in [2.45, 2.75) is 40.0 Å². The summed E-state index contributed by atoms with van der Waals surface area (Å²) in [6.45, 7) is 7.33. The van der Waals surface area contributed by atoms with E-state index in [9.17, 15) is 18.8 Å². The second-order valence-corrected chi connectivity index (χ2v) is 9.21. The predicted octanol–water partition coefficient (Wildman–Crippen LogP) is 3.87. The minimum Gasteiger partial charge on any atom is -0.455 e. The highest BCUT2D eigenvalue weighted by atomic mass is 19.1. The number of Topliss-reactive ketones (excluding diaryl/α,β-unsaturated/α-hetero) is 1. The van der Waals surface area contributed by atoms with Gasteiger partial charge < -0.3 is 14.2 Å². The lowest BCUT2D eigenvalue weighted by Crippen LogP contribution is -2.37. The highest BCUT2D eigenvalue weighted by Gasteiger charge is 2.38. The van der Waals surface area contributed by atoms with Gasteiger partial charge >= 0.3 is 0 Å². The molecule has 0 bridgehead atoms. The molecule has 2 amide bonds. The van der Waals surface area contributed by atoms with Gasteiger partial charge in [0.25, 0.3) is 11.8 Å². The van der Waals surface area contributed by atoms with Crippen molar-refractivity contribution >= 4 is 17.6 Å². The molecule has 2 aliphatic rings. The Balaban J connectivity index is 1.51. The molecule has 1 aliphatic carbocycles. The van der Waals surface area contributed by atoms with Crippen LogP contribution in [0.2, 0.25) is 0 Å². The lowest BCUT2D eigenvalue weighted by molar-refractivity contribution is 0.0695. The van der Waals surface area contributed by atoms with Gasteiger partial charge in [-0.05, 0) is 30.9 Å². The molecule has 7 heteroatoms. The standard InChI is InChI=1S/C24H27FN2O4/c1-15-20-18(28)13-24(2,3)14-19(20)31-21(15)23(30)27-10-6-9-26(11-12-27)22(29)16-7-4-5-8-17(16)25/h4-5,7-8H,6,9-14H2,1-3H3. The zero-order valence-corrected chi connectivity index (χ0v) is 18.2. The molecule has 1 saturated heterocycles. The maximum absolute atomic E-state index is 14.0. The summed E-state index contributed by atoms with van der Waals surface area (Å²) in [5.74, 6) is -0.362. The number of furan rings is 1. The number of fused-ring (bicyclic) bond motifs is 1. The van der Waals surface area contributed by atoms with Crippen LogP contribution >= 0.6 is 0 Å². The molecule has 1 aliphatic heterocycles. The van der Waals surface area contributed by atoms with E-state index in [0.717, 1.165) is 0 Å². The Bertz CT molecular complexity index is 1060. The molecule has 2 heterocycles. The van der Waals surface area contributed by atoms with E-state index in [0.29, 0.717) is 62.3 Å². The van der Waals surface area contributed by atoms with Crippen molar-refractivity contribution in [2.75, 3.05) is 26.2 Å². The zero-order chi connectivity index (χ0) is 22.3. The zero-order valence-electron chi connectivity index (χ0n) is 18.2. The van der Waals surface area contributed by atoms with E-state index in [1.807, 2.05) is 13.8 Å². The molecular weight excluding hydrogens is 399 g/mol. The summed E-state index contributed by atoms with van der Waals surface area (Å²) in [6.07, 6.45) is 1.63. The Morgan fingerprint density at radius 3 is 2.32 bits per heavy atom. The molecule has 0 N–H and O–H groups in total. The SMILES string of the molecule is Cc1c(C(=O)N2CCCN(C(=O)c3ccccc3F)CC2)oc2c1C(=O)CC(C)(C)C2. The first-order valence-electron chi connectivity index (χ1n) is 10.7. The second kappa shape index (κ2) is 7.94. The number of rotatable bonds is 2. The van der Waals surface area contributed by atoms with E-state index < -0.39 is 5.82 Å². The number of amides is 2. The third-order valence-electron chi connectivity index (χ3n) is 6.15. The molecule has 164 valence electrons. The summed E-state index contributed by atoms with van der Waals surface area (Å²) in [5.41, 5.74) is 1.00. The van der Waals surface area contributed by atoms with E-state index in [1.54, 1.807) is 28.9 Å². The fourth-order valence-corrected chi connectivity index (χ4v) is 4.56. The average Bonchev–Trinajstić information content (AvgIpc) is 2.88. The van der Waals surface area contributed by atoms with Crippen LogP contribution < -0.4 is 0 Å². The summed E-state index contributed by atoms with van der Waals surface area (Å²) in [6, 6.07) is 5.92. The Labute approximate surface area is 181 Å². The summed E-state index contributed by atoms with van der Waals surface area (Å²) in [5, 5.41) is 0. The van der Waals surface area contributed by atoms with Crippen LogP contribution in [0.3, 0.4) is 0 Å². The van der Waals surface area contributed by atoms with Crippen LogP contribution in [-0.4, -0.2) is 53.6 Å². The lowest BCUT2D eigenvalue weighted by atomic mass is 9.76. The highest BCUT2D eigenvalue weighted by molar-refractivity contribution is 6.03. The summed E-state index contributed by atoms with van der Waals surface area (Å²) >= 11 is 0. The summed E-state index contributed by atoms with van der Waals surface area (Å²) in [7, 11) is 0. The van der Waals surface area contributed by atoms with Gasteiger partial charge in [-0.3, -0.25) is 14.4 Å². The van der Waals surface area contributed by atoms with Crippen LogP contribution in [0, 0.1) is 18.2 Å². The number of hydrogen-bond acceptors (Lipinski definition) is 4. The Morgan fingerprint density at radius 2 is 1.65 bits per heavy atom. The minimum atomic E-state index is -0.547. The van der Waals surface area contributed by atoms with Crippen LogP contribution in [0.1, 0.15) is 69.3 Å². The van der Waals surface area contributed by atoms with Crippen LogP contribution in [0.5, 0.6) is 0 Å². The first kappa shape index (κ1) is 21.3. The van der Waals surface area contributed by atoms with Gasteiger partial charge in [-0.2, -0.15) is 0 Å². The van der Waals surface area contributed by atoms with Gasteiger partial charge in [-0.1, -0.05) is 26.0 Å². The second-order valence-electron chi connectivity index (χ2n) is 9.21. The Hall–Kier alpha value is -2.96. The number of ketones is 1. The maximum Gasteiger partial charge on any atom is 0.289 e. The fraction of sp³-hybridized carbons (Fsp3) is 0.458. The fourth-order valence-electron chi connectivity index (χ4n) is 4.56. The number of carbonyl (C=O) groups is 3. The van der Waals surface area contributed by atoms with Crippen molar-refractivity contribution in [1.82, 2.24) is 9.80 Å². The van der Waals surface area contributed by atoms with E-state index in [4.69, 9.17) is 4.42 Å². The number of nitrogens with zero attached hydrogens (tertiary/aromatic N) is 2. The van der Waals surface area contributed by atoms with Crippen LogP contribution in [0.4, 0.5) is 4.39 Å². The Morgan fingerprint density at radius 1 is 1.00 bits per heavy atom. The quantitative estimate of drug-likeness (QED) is 0.731. The largest absolute Gasteiger partial charge is 0.455 e. The monoisotopic (exact) mass is 426 g/mol. The normalized spacial score (nSPS) is 18.5. The predicted molar refractivity (Wildman–Crippen MR) is 113 cm³/mol.